The van der Waals surface area contributed by atoms with Gasteiger partial charge in [-0.3, -0.25) is 0 Å². The van der Waals surface area contributed by atoms with Crippen molar-refractivity contribution < 1.29 is 0 Å². The van der Waals surface area contributed by atoms with E-state index in [0.717, 1.165) is 11.8 Å². The van der Waals surface area contributed by atoms with Crippen LogP contribution in [0.25, 0.3) is 0 Å². The number of guanidine groups is 1. The molecule has 4 atom stereocenters. The topological polar surface area (TPSA) is 76.8 Å². The number of halogens is 1. The van der Waals surface area contributed by atoms with E-state index in [0.29, 0.717) is 11.3 Å². The molecule has 4 saturated carbocycles. The van der Waals surface area contributed by atoms with Crippen molar-refractivity contribution in [1.82, 2.24) is 0 Å². The maximum Gasteiger partial charge on any atom is 0.211 e. The molecule has 0 radical (unpaired) electrons. The van der Waals surface area contributed by atoms with E-state index >= 15 is 0 Å². The molecule has 0 saturated heterocycles. The predicted molar refractivity (Wildman–Crippen MR) is 95.2 cm³/mol. The molecule has 4 fully saturated rings. The maximum atomic E-state index is 5.50. The van der Waals surface area contributed by atoms with Crippen LogP contribution in [0.15, 0.2) is 10.2 Å². The second-order valence-corrected chi connectivity index (χ2v) is 7.65. The molecule has 4 N–H and O–H groups in total. The van der Waals surface area contributed by atoms with E-state index in [1.54, 1.807) is 0 Å². The summed E-state index contributed by atoms with van der Waals surface area (Å²) in [7, 11) is 0. The van der Waals surface area contributed by atoms with Gasteiger partial charge in [0.05, 0.1) is 0 Å². The van der Waals surface area contributed by atoms with Gasteiger partial charge in [-0.2, -0.15) is 5.10 Å². The summed E-state index contributed by atoms with van der Waals surface area (Å²) in [5.74, 6) is 2.63. The lowest BCUT2D eigenvalue weighted by atomic mass is 9.47. The van der Waals surface area contributed by atoms with Gasteiger partial charge in [-0.1, -0.05) is 32.6 Å². The SMILES string of the molecule is CCCCCCC12C[C@@H]3CC(C[C@@H](C3)C1)/C2=N\N=C(N)N.Cl. The van der Waals surface area contributed by atoms with Crippen molar-refractivity contribution in [2.45, 2.75) is 71.1 Å². The summed E-state index contributed by atoms with van der Waals surface area (Å²) in [6.07, 6.45) is 13.4. The molecule has 0 aliphatic heterocycles. The monoisotopic (exact) mass is 326 g/mol. The third-order valence-electron chi connectivity index (χ3n) is 5.97. The smallest absolute Gasteiger partial charge is 0.211 e. The van der Waals surface area contributed by atoms with Crippen molar-refractivity contribution in [2.75, 3.05) is 0 Å². The van der Waals surface area contributed by atoms with Gasteiger partial charge in [-0.05, 0) is 50.4 Å². The Balaban J connectivity index is 0.00000176. The van der Waals surface area contributed by atoms with E-state index in [1.807, 2.05) is 0 Å². The van der Waals surface area contributed by atoms with Crippen LogP contribution in [0.4, 0.5) is 0 Å². The van der Waals surface area contributed by atoms with Crippen LogP contribution in [0, 0.1) is 23.2 Å². The molecule has 5 heteroatoms. The van der Waals surface area contributed by atoms with E-state index in [1.165, 1.54) is 69.9 Å². The highest BCUT2D eigenvalue weighted by Crippen LogP contribution is 2.60. The highest BCUT2D eigenvalue weighted by Gasteiger charge is 2.54. The Hall–Kier alpha value is -0.770. The quantitative estimate of drug-likeness (QED) is 0.337. The number of hydrogen-bond donors (Lipinski definition) is 2. The van der Waals surface area contributed by atoms with Gasteiger partial charge in [0, 0.05) is 17.0 Å². The lowest BCUT2D eigenvalue weighted by Crippen LogP contribution is -2.53. The van der Waals surface area contributed by atoms with Gasteiger partial charge in [-0.15, -0.1) is 17.5 Å². The second kappa shape index (κ2) is 7.20. The van der Waals surface area contributed by atoms with Crippen molar-refractivity contribution in [3.8, 4) is 0 Å². The van der Waals surface area contributed by atoms with E-state index in [9.17, 15) is 0 Å². The Morgan fingerprint density at radius 2 is 1.77 bits per heavy atom. The summed E-state index contributed by atoms with van der Waals surface area (Å²) in [4.78, 5) is 0. The molecular formula is C17H31ClN4. The predicted octanol–water partition coefficient (Wildman–Crippen LogP) is 3.83. The molecule has 0 heterocycles. The number of nitrogens with zero attached hydrogens (tertiary/aromatic N) is 2. The lowest BCUT2D eigenvalue weighted by molar-refractivity contribution is 0.0399. The van der Waals surface area contributed by atoms with Crippen LogP contribution in [0.5, 0.6) is 0 Å². The van der Waals surface area contributed by atoms with Crippen LogP contribution in [0.3, 0.4) is 0 Å². The molecule has 22 heavy (non-hydrogen) atoms. The first kappa shape index (κ1) is 17.6. The number of unbranched alkanes of at least 4 members (excludes halogenated alkanes) is 3. The van der Waals surface area contributed by atoms with Crippen LogP contribution in [-0.2, 0) is 0 Å². The average Bonchev–Trinajstić information content (AvgIpc) is 2.42. The molecule has 4 rings (SSSR count). The van der Waals surface area contributed by atoms with Crippen LogP contribution in [-0.4, -0.2) is 11.7 Å². The third-order valence-corrected chi connectivity index (χ3v) is 5.97. The molecule has 0 aromatic carbocycles. The van der Waals surface area contributed by atoms with Gasteiger partial charge in [-0.25, -0.2) is 0 Å². The molecular weight excluding hydrogens is 296 g/mol. The van der Waals surface area contributed by atoms with Gasteiger partial charge < -0.3 is 11.5 Å². The van der Waals surface area contributed by atoms with Gasteiger partial charge in [0.25, 0.3) is 0 Å². The molecule has 2 unspecified atom stereocenters. The number of rotatable bonds is 6. The first-order valence-corrected chi connectivity index (χ1v) is 8.80. The first-order chi connectivity index (χ1) is 10.1. The highest BCUT2D eigenvalue weighted by molar-refractivity contribution is 5.94. The van der Waals surface area contributed by atoms with E-state index in [2.05, 4.69) is 17.1 Å². The molecule has 0 amide bonds. The minimum Gasteiger partial charge on any atom is -0.369 e. The molecule has 4 aliphatic carbocycles. The van der Waals surface area contributed by atoms with E-state index < -0.39 is 0 Å². The Morgan fingerprint density at radius 3 is 2.36 bits per heavy atom. The summed E-state index contributed by atoms with van der Waals surface area (Å²) in [6.45, 7) is 2.27. The first-order valence-electron chi connectivity index (χ1n) is 8.80. The van der Waals surface area contributed by atoms with E-state index in [4.69, 9.17) is 11.5 Å². The zero-order chi connectivity index (χ0) is 14.9. The summed E-state index contributed by atoms with van der Waals surface area (Å²) >= 11 is 0. The summed E-state index contributed by atoms with van der Waals surface area (Å²) < 4.78 is 0. The summed E-state index contributed by atoms with van der Waals surface area (Å²) in [5, 5.41) is 8.57. The minimum atomic E-state index is 0. The Kier molecular flexibility index (Phi) is 5.76. The highest BCUT2D eigenvalue weighted by atomic mass is 35.5. The molecule has 126 valence electrons. The van der Waals surface area contributed by atoms with Gasteiger partial charge >= 0.3 is 0 Å². The lowest BCUT2D eigenvalue weighted by Gasteiger charge is -2.57. The van der Waals surface area contributed by atoms with Crippen LogP contribution in [0.1, 0.15) is 71.1 Å². The van der Waals surface area contributed by atoms with Crippen LogP contribution in [0.2, 0.25) is 0 Å². The molecule has 0 spiro atoms. The van der Waals surface area contributed by atoms with Gasteiger partial charge in [0.1, 0.15) is 0 Å². The van der Waals surface area contributed by atoms with Crippen molar-refractivity contribution in [1.29, 1.82) is 0 Å². The third kappa shape index (κ3) is 3.42. The normalized spacial score (nSPS) is 37.1. The maximum absolute atomic E-state index is 5.50. The van der Waals surface area contributed by atoms with E-state index in [-0.39, 0.29) is 18.4 Å². The fourth-order valence-corrected chi connectivity index (χ4v) is 5.47. The fourth-order valence-electron chi connectivity index (χ4n) is 5.47. The largest absolute Gasteiger partial charge is 0.369 e. The number of hydrogen-bond acceptors (Lipinski definition) is 2. The van der Waals surface area contributed by atoms with Gasteiger partial charge in [0.15, 0.2) is 0 Å². The average molecular weight is 327 g/mol. The zero-order valence-corrected chi connectivity index (χ0v) is 14.6. The Bertz CT molecular complexity index is 428. The summed E-state index contributed by atoms with van der Waals surface area (Å²) in [6, 6.07) is 0. The van der Waals surface area contributed by atoms with Crippen LogP contribution < -0.4 is 11.5 Å². The standard InChI is InChI=1S/C17H30N4.ClH/c1-2-3-4-5-6-17-10-12-7-13(11-17)9-14(8-12)15(17)20-21-16(18)19;/h12-14H,2-11H2,1H3,(H4,18,19,21);1H/b20-15+;/t12-,13+,14?,17?;. The van der Waals surface area contributed by atoms with Crippen molar-refractivity contribution in [3.05, 3.63) is 0 Å². The van der Waals surface area contributed by atoms with Crippen molar-refractivity contribution >= 4 is 24.1 Å². The van der Waals surface area contributed by atoms with Crippen LogP contribution >= 0.6 is 12.4 Å². The molecule has 4 nitrogen and oxygen atoms in total. The Morgan fingerprint density at radius 1 is 1.09 bits per heavy atom. The molecule has 4 bridgehead atoms. The number of nitrogens with two attached hydrogens (primary N) is 2. The van der Waals surface area contributed by atoms with Gasteiger partial charge in [0.2, 0.25) is 5.96 Å². The molecule has 4 aliphatic rings. The molecule has 0 aromatic heterocycles. The fraction of sp³-hybridized carbons (Fsp3) is 0.882. The molecule has 0 aromatic rings. The Labute approximate surface area is 140 Å². The second-order valence-electron chi connectivity index (χ2n) is 7.65. The van der Waals surface area contributed by atoms with Crippen molar-refractivity contribution in [2.24, 2.45) is 44.8 Å². The zero-order valence-electron chi connectivity index (χ0n) is 13.8. The minimum absolute atomic E-state index is 0. The van der Waals surface area contributed by atoms with Crippen molar-refractivity contribution in [3.63, 3.8) is 0 Å². The summed E-state index contributed by atoms with van der Waals surface area (Å²) in [5.41, 5.74) is 12.7.